The summed E-state index contributed by atoms with van der Waals surface area (Å²) in [7, 11) is 4.25. The lowest BCUT2D eigenvalue weighted by atomic mass is 10.3. The molecule has 3 heterocycles. The maximum Gasteiger partial charge on any atom is 0.236 e. The van der Waals surface area contributed by atoms with Crippen LogP contribution in [0.3, 0.4) is 0 Å². The average Bonchev–Trinajstić information content (AvgIpc) is 3.14. The van der Waals surface area contributed by atoms with Crippen LogP contribution in [0.4, 0.5) is 0 Å². The van der Waals surface area contributed by atoms with Crippen LogP contribution in [-0.2, 0) is 7.05 Å². The van der Waals surface area contributed by atoms with Crippen molar-refractivity contribution in [3.8, 4) is 0 Å². The maximum absolute atomic E-state index is 4.40. The number of nitrogens with zero attached hydrogens (tertiary/aromatic N) is 6. The van der Waals surface area contributed by atoms with E-state index in [1.807, 2.05) is 18.8 Å². The van der Waals surface area contributed by atoms with E-state index >= 15 is 0 Å². The van der Waals surface area contributed by atoms with E-state index < -0.39 is 0 Å². The van der Waals surface area contributed by atoms with Gasteiger partial charge in [-0.15, -0.1) is 10.2 Å². The molecule has 0 N–H and O–H groups in total. The van der Waals surface area contributed by atoms with Crippen molar-refractivity contribution in [2.75, 3.05) is 45.5 Å². The zero-order valence-corrected chi connectivity index (χ0v) is 15.2. The summed E-state index contributed by atoms with van der Waals surface area (Å²) in [5.41, 5.74) is 2.38. The van der Waals surface area contributed by atoms with Crippen molar-refractivity contribution in [2.24, 2.45) is 7.05 Å². The predicted molar refractivity (Wildman–Crippen MR) is 98.7 cm³/mol. The molecule has 4 rings (SSSR count). The molecule has 1 aromatic carbocycles. The highest BCUT2D eigenvalue weighted by Crippen LogP contribution is 2.25. The van der Waals surface area contributed by atoms with E-state index in [4.69, 9.17) is 0 Å². The Labute approximate surface area is 146 Å². The van der Waals surface area contributed by atoms with Crippen LogP contribution in [0.1, 0.15) is 6.42 Å². The largest absolute Gasteiger partial charge is 0.311 e. The number of aryl methyl sites for hydroxylation is 1. The lowest BCUT2D eigenvalue weighted by Crippen LogP contribution is -2.44. The van der Waals surface area contributed by atoms with Gasteiger partial charge in [-0.25, -0.2) is 0 Å². The van der Waals surface area contributed by atoms with Crippen LogP contribution in [0.25, 0.3) is 16.8 Å². The number of fused-ring (bicyclic) bond motifs is 3. The SMILES string of the molecule is CN1CCN(CCCSc2nnc3n(C)c4ccccc4n23)CC1. The summed E-state index contributed by atoms with van der Waals surface area (Å²) < 4.78 is 4.28. The summed E-state index contributed by atoms with van der Waals surface area (Å²) >= 11 is 1.81. The van der Waals surface area contributed by atoms with Gasteiger partial charge in [0.2, 0.25) is 5.78 Å². The Bertz CT molecular complexity index is 830. The molecule has 1 aliphatic rings. The van der Waals surface area contributed by atoms with Gasteiger partial charge in [-0.3, -0.25) is 4.40 Å². The molecule has 2 aromatic heterocycles. The molecular weight excluding hydrogens is 320 g/mol. The Morgan fingerprint density at radius 2 is 1.75 bits per heavy atom. The minimum Gasteiger partial charge on any atom is -0.311 e. The van der Waals surface area contributed by atoms with Crippen LogP contribution in [0, 0.1) is 0 Å². The van der Waals surface area contributed by atoms with Gasteiger partial charge in [0.05, 0.1) is 11.0 Å². The molecule has 0 atom stereocenters. The van der Waals surface area contributed by atoms with Crippen molar-refractivity contribution < 1.29 is 0 Å². The molecule has 0 radical (unpaired) electrons. The van der Waals surface area contributed by atoms with Crippen molar-refractivity contribution in [3.05, 3.63) is 24.3 Å². The Hall–Kier alpha value is -1.57. The third kappa shape index (κ3) is 2.92. The number of piperazine rings is 1. The fraction of sp³-hybridized carbons (Fsp3) is 0.529. The van der Waals surface area contributed by atoms with E-state index in [1.54, 1.807) is 0 Å². The summed E-state index contributed by atoms with van der Waals surface area (Å²) in [4.78, 5) is 4.97. The Morgan fingerprint density at radius 3 is 2.54 bits per heavy atom. The molecule has 1 saturated heterocycles. The standard InChI is InChI=1S/C17H24N6S/c1-20-9-11-22(12-10-20)8-5-13-24-17-19-18-16-21(2)14-6-3-4-7-15(14)23(16)17/h3-4,6-7H,5,8-13H2,1-2H3. The number of benzene rings is 1. The summed E-state index contributed by atoms with van der Waals surface area (Å²) in [5.74, 6) is 1.99. The highest BCUT2D eigenvalue weighted by atomic mass is 32.2. The summed E-state index contributed by atoms with van der Waals surface area (Å²) in [6, 6.07) is 8.41. The first-order chi connectivity index (χ1) is 11.7. The number of thioether (sulfide) groups is 1. The van der Waals surface area contributed by atoms with Crippen LogP contribution in [0.2, 0.25) is 0 Å². The lowest BCUT2D eigenvalue weighted by Gasteiger charge is -2.32. The minimum atomic E-state index is 0.915. The molecular formula is C17H24N6S. The molecule has 6 nitrogen and oxygen atoms in total. The number of likely N-dealkylation sites (N-methyl/N-ethyl adjacent to an activating group) is 1. The van der Waals surface area contributed by atoms with Gasteiger partial charge in [0.25, 0.3) is 0 Å². The van der Waals surface area contributed by atoms with Gasteiger partial charge in [0.15, 0.2) is 5.16 Å². The van der Waals surface area contributed by atoms with E-state index in [1.165, 1.54) is 50.2 Å². The molecule has 1 aliphatic heterocycles. The van der Waals surface area contributed by atoms with Crippen LogP contribution >= 0.6 is 11.8 Å². The van der Waals surface area contributed by atoms with Gasteiger partial charge < -0.3 is 14.4 Å². The normalized spacial score (nSPS) is 17.2. The third-order valence-electron chi connectivity index (χ3n) is 4.85. The molecule has 7 heteroatoms. The molecule has 0 bridgehead atoms. The maximum atomic E-state index is 4.40. The first-order valence-corrected chi connectivity index (χ1v) is 9.55. The quantitative estimate of drug-likeness (QED) is 0.523. The van der Waals surface area contributed by atoms with Gasteiger partial charge in [-0.2, -0.15) is 0 Å². The fourth-order valence-corrected chi connectivity index (χ4v) is 4.22. The molecule has 0 amide bonds. The molecule has 128 valence electrons. The number of rotatable bonds is 5. The van der Waals surface area contributed by atoms with E-state index in [9.17, 15) is 0 Å². The Morgan fingerprint density at radius 1 is 1.00 bits per heavy atom. The van der Waals surface area contributed by atoms with Crippen molar-refractivity contribution in [1.82, 2.24) is 29.0 Å². The number of para-hydroxylation sites is 2. The van der Waals surface area contributed by atoms with Crippen LogP contribution in [-0.4, -0.2) is 74.5 Å². The van der Waals surface area contributed by atoms with Crippen molar-refractivity contribution in [2.45, 2.75) is 11.6 Å². The Balaban J connectivity index is 1.41. The smallest absolute Gasteiger partial charge is 0.236 e. The number of hydrogen-bond donors (Lipinski definition) is 0. The molecule has 0 aliphatic carbocycles. The minimum absolute atomic E-state index is 0.915. The lowest BCUT2D eigenvalue weighted by molar-refractivity contribution is 0.154. The average molecular weight is 344 g/mol. The summed E-state index contributed by atoms with van der Waals surface area (Å²) in [5, 5.41) is 9.77. The fourth-order valence-electron chi connectivity index (χ4n) is 3.35. The van der Waals surface area contributed by atoms with E-state index in [0.29, 0.717) is 0 Å². The molecule has 1 fully saturated rings. The van der Waals surface area contributed by atoms with Gasteiger partial charge in [-0.05, 0) is 32.1 Å². The molecule has 0 saturated carbocycles. The summed E-state index contributed by atoms with van der Waals surface area (Å²) in [6.07, 6.45) is 1.19. The zero-order chi connectivity index (χ0) is 16.5. The Kier molecular flexibility index (Phi) is 4.47. The van der Waals surface area contributed by atoms with Gasteiger partial charge >= 0.3 is 0 Å². The summed E-state index contributed by atoms with van der Waals surface area (Å²) in [6.45, 7) is 5.94. The number of hydrogen-bond acceptors (Lipinski definition) is 5. The van der Waals surface area contributed by atoms with E-state index in [-0.39, 0.29) is 0 Å². The van der Waals surface area contributed by atoms with Gasteiger partial charge in [0.1, 0.15) is 0 Å². The van der Waals surface area contributed by atoms with Crippen molar-refractivity contribution >= 4 is 28.6 Å². The van der Waals surface area contributed by atoms with Crippen LogP contribution in [0.5, 0.6) is 0 Å². The highest BCUT2D eigenvalue weighted by Gasteiger charge is 2.16. The third-order valence-corrected chi connectivity index (χ3v) is 5.86. The molecule has 0 spiro atoms. The van der Waals surface area contributed by atoms with E-state index in [0.717, 1.165) is 16.7 Å². The van der Waals surface area contributed by atoms with Crippen LogP contribution in [0.15, 0.2) is 29.4 Å². The first-order valence-electron chi connectivity index (χ1n) is 8.56. The second-order valence-corrected chi connectivity index (χ2v) is 7.57. The second-order valence-electron chi connectivity index (χ2n) is 6.51. The number of aromatic nitrogens is 4. The van der Waals surface area contributed by atoms with Gasteiger partial charge in [0, 0.05) is 39.0 Å². The predicted octanol–water partition coefficient (Wildman–Crippen LogP) is 1.95. The highest BCUT2D eigenvalue weighted by molar-refractivity contribution is 7.99. The molecule has 24 heavy (non-hydrogen) atoms. The number of imidazole rings is 1. The topological polar surface area (TPSA) is 41.6 Å². The monoisotopic (exact) mass is 344 g/mol. The zero-order valence-electron chi connectivity index (χ0n) is 14.4. The van der Waals surface area contributed by atoms with Crippen molar-refractivity contribution in [1.29, 1.82) is 0 Å². The first kappa shape index (κ1) is 15.9. The van der Waals surface area contributed by atoms with Gasteiger partial charge in [-0.1, -0.05) is 23.9 Å². The molecule has 3 aromatic rings. The van der Waals surface area contributed by atoms with Crippen LogP contribution < -0.4 is 0 Å². The van der Waals surface area contributed by atoms with Crippen molar-refractivity contribution in [3.63, 3.8) is 0 Å². The van der Waals surface area contributed by atoms with E-state index in [2.05, 4.69) is 60.3 Å². The molecule has 0 unspecified atom stereocenters. The second kappa shape index (κ2) is 6.74.